The van der Waals surface area contributed by atoms with Crippen LogP contribution in [0.1, 0.15) is 12.8 Å². The number of likely N-dealkylation sites (tertiary alicyclic amines) is 1. The zero-order valence-electron chi connectivity index (χ0n) is 10.2. The second kappa shape index (κ2) is 6.06. The van der Waals surface area contributed by atoms with Gasteiger partial charge in [0, 0.05) is 25.1 Å². The Morgan fingerprint density at radius 3 is 3.16 bits per heavy atom. The van der Waals surface area contributed by atoms with Gasteiger partial charge in [-0.3, -0.25) is 0 Å². The number of carboxylic acid groups (broad SMARTS) is 1. The summed E-state index contributed by atoms with van der Waals surface area (Å²) in [5.41, 5.74) is 0. The molecule has 1 fully saturated rings. The van der Waals surface area contributed by atoms with Crippen LogP contribution < -0.4 is 4.74 Å². The number of ether oxygens (including phenoxy) is 1. The van der Waals surface area contributed by atoms with Gasteiger partial charge in [-0.1, -0.05) is 11.6 Å². The minimum absolute atomic E-state index is 0.114. The molecule has 1 saturated heterocycles. The second-order valence-electron chi connectivity index (χ2n) is 4.49. The highest BCUT2D eigenvalue weighted by Gasteiger charge is 2.23. The minimum Gasteiger partial charge on any atom is -0.492 e. The molecule has 2 heterocycles. The van der Waals surface area contributed by atoms with Gasteiger partial charge in [0.25, 0.3) is 0 Å². The van der Waals surface area contributed by atoms with Crippen LogP contribution in [0, 0.1) is 11.7 Å². The van der Waals surface area contributed by atoms with Crippen molar-refractivity contribution in [2.24, 2.45) is 5.92 Å². The van der Waals surface area contributed by atoms with E-state index in [1.165, 1.54) is 17.2 Å². The van der Waals surface area contributed by atoms with Gasteiger partial charge in [0.05, 0.1) is 12.8 Å². The van der Waals surface area contributed by atoms with Crippen LogP contribution in [0.5, 0.6) is 5.75 Å². The van der Waals surface area contributed by atoms with Crippen molar-refractivity contribution in [1.29, 1.82) is 0 Å². The topological polar surface area (TPSA) is 62.7 Å². The summed E-state index contributed by atoms with van der Waals surface area (Å²) in [6.07, 6.45) is 2.15. The van der Waals surface area contributed by atoms with E-state index in [0.29, 0.717) is 25.4 Å². The zero-order chi connectivity index (χ0) is 13.8. The number of halogens is 2. The number of hydrogen-bond donors (Lipinski definition) is 1. The van der Waals surface area contributed by atoms with Crippen LogP contribution >= 0.6 is 11.6 Å². The number of rotatable bonds is 3. The maximum Gasteiger partial charge on any atom is 0.407 e. The number of nitrogens with zero attached hydrogens (tertiary/aromatic N) is 2. The molecule has 1 aromatic rings. The van der Waals surface area contributed by atoms with E-state index < -0.39 is 11.9 Å². The van der Waals surface area contributed by atoms with Crippen molar-refractivity contribution >= 4 is 17.7 Å². The quantitative estimate of drug-likeness (QED) is 0.869. The maximum atomic E-state index is 13.2. The van der Waals surface area contributed by atoms with Crippen molar-refractivity contribution < 1.29 is 19.0 Å². The molecule has 1 aliphatic rings. The summed E-state index contributed by atoms with van der Waals surface area (Å²) in [4.78, 5) is 15.9. The van der Waals surface area contributed by atoms with Crippen molar-refractivity contribution in [3.05, 3.63) is 23.2 Å². The van der Waals surface area contributed by atoms with E-state index >= 15 is 0 Å². The van der Waals surface area contributed by atoms with Crippen molar-refractivity contribution in [1.82, 2.24) is 9.88 Å². The Morgan fingerprint density at radius 2 is 2.47 bits per heavy atom. The molecular weight excluding hydrogens is 275 g/mol. The predicted molar refractivity (Wildman–Crippen MR) is 67.0 cm³/mol. The summed E-state index contributed by atoms with van der Waals surface area (Å²) in [5.74, 6) is -0.215. The SMILES string of the molecule is O=C(O)N1CCC[C@H](COc2cnc(Cl)c(F)c2)C1. The van der Waals surface area contributed by atoms with E-state index in [1.54, 1.807) is 0 Å². The molecule has 19 heavy (non-hydrogen) atoms. The molecule has 1 amide bonds. The molecule has 1 aromatic heterocycles. The lowest BCUT2D eigenvalue weighted by Crippen LogP contribution is -2.40. The van der Waals surface area contributed by atoms with Crippen LogP contribution in [0.25, 0.3) is 0 Å². The van der Waals surface area contributed by atoms with Gasteiger partial charge in [-0.2, -0.15) is 0 Å². The van der Waals surface area contributed by atoms with Crippen LogP contribution in [0.4, 0.5) is 9.18 Å². The highest BCUT2D eigenvalue weighted by atomic mass is 35.5. The fourth-order valence-electron chi connectivity index (χ4n) is 2.07. The average Bonchev–Trinajstić information content (AvgIpc) is 2.40. The van der Waals surface area contributed by atoms with Crippen LogP contribution in [-0.2, 0) is 0 Å². The molecule has 0 aromatic carbocycles. The molecule has 0 aliphatic carbocycles. The maximum absolute atomic E-state index is 13.2. The normalized spacial score (nSPS) is 19.3. The van der Waals surface area contributed by atoms with Crippen molar-refractivity contribution in [3.8, 4) is 5.75 Å². The Bertz CT molecular complexity index is 472. The number of aromatic nitrogens is 1. The van der Waals surface area contributed by atoms with Gasteiger partial charge in [0.1, 0.15) is 5.75 Å². The predicted octanol–water partition coefficient (Wildman–Crippen LogP) is 2.64. The van der Waals surface area contributed by atoms with Gasteiger partial charge in [-0.15, -0.1) is 0 Å². The van der Waals surface area contributed by atoms with E-state index in [9.17, 15) is 9.18 Å². The molecule has 1 atom stereocenters. The van der Waals surface area contributed by atoms with E-state index in [0.717, 1.165) is 12.8 Å². The lowest BCUT2D eigenvalue weighted by molar-refractivity contribution is 0.104. The Hall–Kier alpha value is -1.56. The number of amides is 1. The average molecular weight is 289 g/mol. The zero-order valence-corrected chi connectivity index (χ0v) is 10.9. The third-order valence-electron chi connectivity index (χ3n) is 3.05. The van der Waals surface area contributed by atoms with E-state index in [4.69, 9.17) is 21.4 Å². The summed E-state index contributed by atoms with van der Waals surface area (Å²) >= 11 is 5.47. The fourth-order valence-corrected chi connectivity index (χ4v) is 2.17. The van der Waals surface area contributed by atoms with Gasteiger partial charge in [-0.05, 0) is 12.8 Å². The summed E-state index contributed by atoms with van der Waals surface area (Å²) in [5, 5.41) is 8.73. The Kier molecular flexibility index (Phi) is 4.42. The van der Waals surface area contributed by atoms with Crippen LogP contribution in [0.2, 0.25) is 5.15 Å². The van der Waals surface area contributed by atoms with Crippen molar-refractivity contribution in [3.63, 3.8) is 0 Å². The Balaban J connectivity index is 1.87. The molecule has 5 nitrogen and oxygen atoms in total. The standard InChI is InChI=1S/C12H14ClFN2O3/c13-11-10(14)4-9(5-15-11)19-7-8-2-1-3-16(6-8)12(17)18/h4-5,8H,1-3,6-7H2,(H,17,18)/t8-/m0/s1. The highest BCUT2D eigenvalue weighted by molar-refractivity contribution is 6.29. The van der Waals surface area contributed by atoms with Crippen LogP contribution in [0.3, 0.4) is 0 Å². The number of pyridine rings is 1. The molecule has 7 heteroatoms. The first-order chi connectivity index (χ1) is 9.06. The summed E-state index contributed by atoms with van der Waals surface area (Å²) in [7, 11) is 0. The highest BCUT2D eigenvalue weighted by Crippen LogP contribution is 2.21. The van der Waals surface area contributed by atoms with Crippen LogP contribution in [0.15, 0.2) is 12.3 Å². The van der Waals surface area contributed by atoms with Gasteiger partial charge >= 0.3 is 6.09 Å². The third kappa shape index (κ3) is 3.70. The van der Waals surface area contributed by atoms with Gasteiger partial charge in [-0.25, -0.2) is 14.2 Å². The Labute approximate surface area is 114 Å². The number of piperidine rings is 1. The fraction of sp³-hybridized carbons (Fsp3) is 0.500. The first-order valence-electron chi connectivity index (χ1n) is 5.98. The molecule has 0 bridgehead atoms. The molecule has 0 spiro atoms. The van der Waals surface area contributed by atoms with Crippen molar-refractivity contribution in [2.75, 3.05) is 19.7 Å². The molecule has 1 aliphatic heterocycles. The summed E-state index contributed by atoms with van der Waals surface area (Å²) in [6, 6.07) is 1.17. The summed E-state index contributed by atoms with van der Waals surface area (Å²) in [6.45, 7) is 1.34. The van der Waals surface area contributed by atoms with Gasteiger partial charge < -0.3 is 14.7 Å². The number of carbonyl (C=O) groups is 1. The van der Waals surface area contributed by atoms with Crippen molar-refractivity contribution in [2.45, 2.75) is 12.8 Å². The minimum atomic E-state index is -0.913. The molecule has 0 unspecified atom stereocenters. The first kappa shape index (κ1) is 13.9. The largest absolute Gasteiger partial charge is 0.492 e. The number of hydrogen-bond acceptors (Lipinski definition) is 3. The molecule has 1 N–H and O–H groups in total. The van der Waals surface area contributed by atoms with E-state index in [2.05, 4.69) is 4.98 Å². The summed E-state index contributed by atoms with van der Waals surface area (Å²) < 4.78 is 18.6. The third-order valence-corrected chi connectivity index (χ3v) is 3.32. The van der Waals surface area contributed by atoms with Crippen LogP contribution in [-0.4, -0.2) is 40.8 Å². The molecular formula is C12H14ClFN2O3. The monoisotopic (exact) mass is 288 g/mol. The Morgan fingerprint density at radius 1 is 1.68 bits per heavy atom. The second-order valence-corrected chi connectivity index (χ2v) is 4.85. The first-order valence-corrected chi connectivity index (χ1v) is 6.36. The lowest BCUT2D eigenvalue weighted by Gasteiger charge is -2.30. The lowest BCUT2D eigenvalue weighted by atomic mass is 9.99. The molecule has 0 saturated carbocycles. The smallest absolute Gasteiger partial charge is 0.407 e. The van der Waals surface area contributed by atoms with E-state index in [-0.39, 0.29) is 11.1 Å². The van der Waals surface area contributed by atoms with Gasteiger partial charge in [0.2, 0.25) is 0 Å². The molecule has 2 rings (SSSR count). The van der Waals surface area contributed by atoms with E-state index in [1.807, 2.05) is 0 Å². The molecule has 104 valence electrons. The van der Waals surface area contributed by atoms with Gasteiger partial charge in [0.15, 0.2) is 11.0 Å². The molecule has 0 radical (unpaired) electrons.